The molecule has 2 aromatic heterocycles. The lowest BCUT2D eigenvalue weighted by Crippen LogP contribution is -2.26. The van der Waals surface area contributed by atoms with Crippen molar-refractivity contribution in [2.75, 3.05) is 5.32 Å². The summed E-state index contributed by atoms with van der Waals surface area (Å²) >= 11 is 0. The lowest BCUT2D eigenvalue weighted by molar-refractivity contribution is 0.0951. The van der Waals surface area contributed by atoms with E-state index in [2.05, 4.69) is 27.6 Å². The maximum Gasteiger partial charge on any atom is 0.255 e. The summed E-state index contributed by atoms with van der Waals surface area (Å²) in [5.74, 6) is -0.578. The number of carbonyl (C=O) groups excluding carboxylic acids is 1. The molecule has 2 N–H and O–H groups in total. The minimum absolute atomic E-state index is 0.182. The number of nitrogens with one attached hydrogen (secondary N) is 2. The van der Waals surface area contributed by atoms with E-state index in [1.165, 1.54) is 12.3 Å². The average molecular weight is 429 g/mol. The number of rotatable bonds is 7. The van der Waals surface area contributed by atoms with E-state index >= 15 is 4.39 Å². The number of anilines is 2. The van der Waals surface area contributed by atoms with Gasteiger partial charge in [-0.25, -0.2) is 4.39 Å². The summed E-state index contributed by atoms with van der Waals surface area (Å²) in [6, 6.07) is 14.8. The third-order valence-corrected chi connectivity index (χ3v) is 5.53. The zero-order valence-corrected chi connectivity index (χ0v) is 17.8. The Hall–Kier alpha value is -3.74. The molecule has 7 heteroatoms. The van der Waals surface area contributed by atoms with E-state index in [0.717, 1.165) is 31.5 Å². The lowest BCUT2D eigenvalue weighted by atomic mass is 10.0. The first-order valence-electron chi connectivity index (χ1n) is 10.9. The second-order valence-corrected chi connectivity index (χ2v) is 8.10. The molecule has 1 fully saturated rings. The van der Waals surface area contributed by atoms with Crippen molar-refractivity contribution >= 4 is 28.2 Å². The summed E-state index contributed by atoms with van der Waals surface area (Å²) < 4.78 is 16.8. The number of para-hydroxylation sites is 1. The third kappa shape index (κ3) is 4.06. The number of pyridine rings is 1. The molecular weight excluding hydrogens is 405 g/mol. The van der Waals surface area contributed by atoms with Crippen LogP contribution < -0.4 is 10.6 Å². The standard InChI is InChI=1S/C25H24FN5O/c1-2-11-31-12-10-22(30-31)18-13-19-23(14-21(18)26)27-15-20(25(32)29-17-8-9-17)24(19)28-16-6-4-3-5-7-16/h3-7,10,12-15,17H,2,8-9,11H2,1H3,(H,27,28)(H,29,32). The minimum Gasteiger partial charge on any atom is -0.354 e. The smallest absolute Gasteiger partial charge is 0.255 e. The van der Waals surface area contributed by atoms with Crippen LogP contribution in [0.4, 0.5) is 15.8 Å². The van der Waals surface area contributed by atoms with Crippen LogP contribution >= 0.6 is 0 Å². The number of fused-ring (bicyclic) bond motifs is 1. The van der Waals surface area contributed by atoms with Gasteiger partial charge in [0.15, 0.2) is 0 Å². The van der Waals surface area contributed by atoms with Gasteiger partial charge in [0.1, 0.15) is 5.82 Å². The number of aryl methyl sites for hydroxylation is 1. The molecule has 0 atom stereocenters. The fourth-order valence-corrected chi connectivity index (χ4v) is 3.73. The van der Waals surface area contributed by atoms with Crippen LogP contribution in [0.25, 0.3) is 22.2 Å². The molecule has 6 nitrogen and oxygen atoms in total. The Bertz CT molecular complexity index is 1280. The van der Waals surface area contributed by atoms with Gasteiger partial charge in [-0.1, -0.05) is 25.1 Å². The van der Waals surface area contributed by atoms with Crippen molar-refractivity contribution in [3.63, 3.8) is 0 Å². The Balaban J connectivity index is 1.65. The van der Waals surface area contributed by atoms with Crippen LogP contribution in [-0.4, -0.2) is 26.7 Å². The number of amides is 1. The SMILES string of the molecule is CCCn1ccc(-c2cc3c(Nc4ccccc4)c(C(=O)NC4CC4)cnc3cc2F)n1. The van der Waals surface area contributed by atoms with Crippen molar-refractivity contribution in [2.45, 2.75) is 38.8 Å². The van der Waals surface area contributed by atoms with Crippen molar-refractivity contribution in [1.82, 2.24) is 20.1 Å². The highest BCUT2D eigenvalue weighted by Crippen LogP contribution is 2.34. The van der Waals surface area contributed by atoms with Gasteiger partial charge in [-0.2, -0.15) is 5.10 Å². The summed E-state index contributed by atoms with van der Waals surface area (Å²) in [4.78, 5) is 17.4. The van der Waals surface area contributed by atoms with Gasteiger partial charge in [-0.15, -0.1) is 0 Å². The Morgan fingerprint density at radius 3 is 2.75 bits per heavy atom. The van der Waals surface area contributed by atoms with Gasteiger partial charge in [-0.05, 0) is 43.5 Å². The van der Waals surface area contributed by atoms with E-state index in [4.69, 9.17) is 0 Å². The number of nitrogens with zero attached hydrogens (tertiary/aromatic N) is 3. The van der Waals surface area contributed by atoms with Crippen LogP contribution in [-0.2, 0) is 6.54 Å². The fraction of sp³-hybridized carbons (Fsp3) is 0.240. The first kappa shape index (κ1) is 20.2. The van der Waals surface area contributed by atoms with Crippen LogP contribution in [0.1, 0.15) is 36.5 Å². The molecule has 2 heterocycles. The van der Waals surface area contributed by atoms with Gasteiger partial charge < -0.3 is 10.6 Å². The van der Waals surface area contributed by atoms with Crippen molar-refractivity contribution in [3.8, 4) is 11.3 Å². The van der Waals surface area contributed by atoms with E-state index in [0.29, 0.717) is 33.4 Å². The predicted molar refractivity (Wildman–Crippen MR) is 123 cm³/mol. The highest BCUT2D eigenvalue weighted by Gasteiger charge is 2.26. The molecule has 1 aliphatic carbocycles. The van der Waals surface area contributed by atoms with Gasteiger partial charge in [0.25, 0.3) is 5.91 Å². The Morgan fingerprint density at radius 1 is 1.19 bits per heavy atom. The number of hydrogen-bond donors (Lipinski definition) is 2. The molecule has 0 saturated heterocycles. The maximum atomic E-state index is 15.0. The molecule has 162 valence electrons. The molecule has 32 heavy (non-hydrogen) atoms. The summed E-state index contributed by atoms with van der Waals surface area (Å²) in [6.45, 7) is 2.84. The molecule has 0 bridgehead atoms. The zero-order valence-electron chi connectivity index (χ0n) is 17.8. The van der Waals surface area contributed by atoms with Crippen LogP contribution in [0, 0.1) is 5.82 Å². The third-order valence-electron chi connectivity index (χ3n) is 5.53. The highest BCUT2D eigenvalue weighted by molar-refractivity contribution is 6.08. The maximum absolute atomic E-state index is 15.0. The number of hydrogen-bond acceptors (Lipinski definition) is 4. The number of benzene rings is 2. The zero-order chi connectivity index (χ0) is 22.1. The van der Waals surface area contributed by atoms with Gasteiger partial charge in [0, 0.05) is 47.7 Å². The quantitative estimate of drug-likeness (QED) is 0.419. The molecule has 0 radical (unpaired) electrons. The van der Waals surface area contributed by atoms with E-state index in [1.807, 2.05) is 36.5 Å². The lowest BCUT2D eigenvalue weighted by Gasteiger charge is -2.16. The summed E-state index contributed by atoms with van der Waals surface area (Å²) in [7, 11) is 0. The van der Waals surface area contributed by atoms with E-state index in [1.54, 1.807) is 16.8 Å². The second-order valence-electron chi connectivity index (χ2n) is 8.10. The molecule has 2 aromatic carbocycles. The molecular formula is C25H24FN5O. The number of carbonyl (C=O) groups is 1. The van der Waals surface area contributed by atoms with Gasteiger partial charge >= 0.3 is 0 Å². The molecule has 5 rings (SSSR count). The first-order valence-corrected chi connectivity index (χ1v) is 10.9. The molecule has 1 aliphatic rings. The fourth-order valence-electron chi connectivity index (χ4n) is 3.73. The topological polar surface area (TPSA) is 71.8 Å². The van der Waals surface area contributed by atoms with Crippen molar-refractivity contribution in [2.24, 2.45) is 0 Å². The van der Waals surface area contributed by atoms with E-state index < -0.39 is 5.82 Å². The van der Waals surface area contributed by atoms with Crippen molar-refractivity contribution in [3.05, 3.63) is 72.3 Å². The largest absolute Gasteiger partial charge is 0.354 e. The number of aromatic nitrogens is 3. The van der Waals surface area contributed by atoms with Crippen LogP contribution in [0.2, 0.25) is 0 Å². The van der Waals surface area contributed by atoms with E-state index in [-0.39, 0.29) is 11.9 Å². The average Bonchev–Trinajstić information content (AvgIpc) is 3.49. The normalized spacial score (nSPS) is 13.3. The molecule has 4 aromatic rings. The first-order chi connectivity index (χ1) is 15.6. The van der Waals surface area contributed by atoms with Crippen LogP contribution in [0.5, 0.6) is 0 Å². The summed E-state index contributed by atoms with van der Waals surface area (Å²) in [5.41, 5.74) is 3.27. The van der Waals surface area contributed by atoms with Gasteiger partial charge in [0.2, 0.25) is 0 Å². The van der Waals surface area contributed by atoms with Gasteiger partial charge in [0.05, 0.1) is 22.5 Å². The van der Waals surface area contributed by atoms with Crippen LogP contribution in [0.3, 0.4) is 0 Å². The molecule has 0 unspecified atom stereocenters. The monoisotopic (exact) mass is 429 g/mol. The molecule has 0 aliphatic heterocycles. The van der Waals surface area contributed by atoms with Crippen molar-refractivity contribution in [1.29, 1.82) is 0 Å². The summed E-state index contributed by atoms with van der Waals surface area (Å²) in [6.07, 6.45) is 6.29. The Kier molecular flexibility index (Phi) is 5.31. The summed E-state index contributed by atoms with van der Waals surface area (Å²) in [5, 5.41) is 11.6. The van der Waals surface area contributed by atoms with Crippen molar-refractivity contribution < 1.29 is 9.18 Å². The minimum atomic E-state index is -0.396. The molecule has 0 spiro atoms. The van der Waals surface area contributed by atoms with Crippen LogP contribution in [0.15, 0.2) is 60.9 Å². The Labute approximate surface area is 185 Å². The number of halogens is 1. The second kappa shape index (κ2) is 8.42. The predicted octanol–water partition coefficient (Wildman–Crippen LogP) is 5.28. The van der Waals surface area contributed by atoms with E-state index in [9.17, 15) is 4.79 Å². The Morgan fingerprint density at radius 2 is 2.00 bits per heavy atom. The van der Waals surface area contributed by atoms with Gasteiger partial charge in [-0.3, -0.25) is 14.5 Å². The molecule has 1 saturated carbocycles. The molecule has 1 amide bonds. The highest BCUT2D eigenvalue weighted by atomic mass is 19.1.